The van der Waals surface area contributed by atoms with Gasteiger partial charge in [0.2, 0.25) is 0 Å². The minimum absolute atomic E-state index is 0.0953. The van der Waals surface area contributed by atoms with Gasteiger partial charge in [0.05, 0.1) is 6.04 Å². The molecule has 1 aromatic carbocycles. The van der Waals surface area contributed by atoms with Gasteiger partial charge in [0.25, 0.3) is 17.8 Å². The van der Waals surface area contributed by atoms with E-state index < -0.39 is 6.04 Å². The molecule has 1 aromatic rings. The van der Waals surface area contributed by atoms with Crippen molar-refractivity contribution in [3.05, 3.63) is 29.3 Å². The van der Waals surface area contributed by atoms with Crippen molar-refractivity contribution in [3.63, 3.8) is 0 Å². The number of anilines is 1. The molecule has 0 N–H and O–H groups in total. The smallest absolute Gasteiger partial charge is 0.333 e. The number of carbonyl (C=O) groups is 2. The first-order chi connectivity index (χ1) is 14.3. The Balaban J connectivity index is 1.51. The molecule has 1 atom stereocenters. The van der Waals surface area contributed by atoms with Gasteiger partial charge in [0.15, 0.2) is 0 Å². The van der Waals surface area contributed by atoms with Crippen LogP contribution in [0.1, 0.15) is 13.8 Å². The lowest BCUT2D eigenvalue weighted by Crippen LogP contribution is -2.62. The molecule has 8 nitrogen and oxygen atoms in total. The number of rotatable bonds is 4. The van der Waals surface area contributed by atoms with E-state index in [1.54, 1.807) is 7.05 Å². The molecule has 3 aliphatic heterocycles. The number of aliphatic imine (C=N–C) groups is 1. The van der Waals surface area contributed by atoms with Crippen LogP contribution in [0.2, 0.25) is 5.02 Å². The Kier molecular flexibility index (Phi) is 5.55. The van der Waals surface area contributed by atoms with Gasteiger partial charge in [-0.15, -0.1) is 0 Å². The molecule has 0 spiro atoms. The largest absolute Gasteiger partial charge is 0.369 e. The van der Waals surface area contributed by atoms with Crippen LogP contribution < -0.4 is 4.90 Å². The molecule has 0 saturated carbocycles. The van der Waals surface area contributed by atoms with Crippen molar-refractivity contribution >= 4 is 40.9 Å². The fourth-order valence-electron chi connectivity index (χ4n) is 4.36. The summed E-state index contributed by atoms with van der Waals surface area (Å²) in [6, 6.07) is 7.17. The Hall–Kier alpha value is -2.45. The summed E-state index contributed by atoms with van der Waals surface area (Å²) >= 11 is 6.14. The number of likely N-dealkylation sites (N-methyl/N-ethyl adjacent to an activating group) is 2. The first kappa shape index (κ1) is 20.8. The number of urea groups is 1. The highest BCUT2D eigenvalue weighted by Crippen LogP contribution is 2.23. The molecule has 3 aliphatic rings. The molecule has 3 amide bonds. The van der Waals surface area contributed by atoms with Crippen LogP contribution >= 0.6 is 11.6 Å². The summed E-state index contributed by atoms with van der Waals surface area (Å²) in [5, 5.41) is 0.746. The molecule has 0 aromatic heterocycles. The van der Waals surface area contributed by atoms with E-state index in [0.29, 0.717) is 12.4 Å². The lowest BCUT2D eigenvalue weighted by atomic mass is 10.1. The number of fused-ring (bicyclic) bond motifs is 1. The van der Waals surface area contributed by atoms with Gasteiger partial charge in [-0.1, -0.05) is 17.7 Å². The van der Waals surface area contributed by atoms with Crippen LogP contribution in [0.25, 0.3) is 0 Å². The summed E-state index contributed by atoms with van der Waals surface area (Å²) in [5.74, 6) is 1.17. The second-order valence-electron chi connectivity index (χ2n) is 8.27. The molecule has 160 valence electrons. The molecule has 9 heteroatoms. The fraction of sp³-hybridized carbons (Fsp3) is 0.524. The van der Waals surface area contributed by atoms with E-state index in [1.165, 1.54) is 16.8 Å². The maximum Gasteiger partial charge on any atom is 0.333 e. The van der Waals surface area contributed by atoms with Crippen LogP contribution in [0.5, 0.6) is 0 Å². The minimum Gasteiger partial charge on any atom is -0.369 e. The molecule has 2 fully saturated rings. The van der Waals surface area contributed by atoms with E-state index in [0.717, 1.165) is 42.7 Å². The molecular formula is C21H28ClN6O2+. The third-order valence-electron chi connectivity index (χ3n) is 6.01. The number of benzene rings is 1. The number of nitrogens with zero attached hydrogens (tertiary/aromatic N) is 6. The highest BCUT2D eigenvalue weighted by molar-refractivity contribution is 6.30. The lowest BCUT2D eigenvalue weighted by molar-refractivity contribution is -0.566. The van der Waals surface area contributed by atoms with E-state index >= 15 is 0 Å². The molecule has 3 heterocycles. The summed E-state index contributed by atoms with van der Waals surface area (Å²) in [5.41, 5.74) is 1.14. The molecule has 2 saturated heterocycles. The number of amidine groups is 2. The monoisotopic (exact) mass is 431 g/mol. The highest BCUT2D eigenvalue weighted by Gasteiger charge is 2.53. The maximum absolute atomic E-state index is 12.9. The third kappa shape index (κ3) is 3.58. The normalized spacial score (nSPS) is 22.9. The molecule has 30 heavy (non-hydrogen) atoms. The first-order valence-corrected chi connectivity index (χ1v) is 10.7. The zero-order valence-corrected chi connectivity index (χ0v) is 18.6. The Bertz CT molecular complexity index is 935. The number of hydrogen-bond donors (Lipinski definition) is 0. The van der Waals surface area contributed by atoms with E-state index in [9.17, 15) is 9.59 Å². The number of amides is 3. The van der Waals surface area contributed by atoms with Crippen LogP contribution in [-0.4, -0.2) is 102 Å². The summed E-state index contributed by atoms with van der Waals surface area (Å²) in [6.45, 7) is 8.34. The predicted octanol–water partition coefficient (Wildman–Crippen LogP) is 1.59. The lowest BCUT2D eigenvalue weighted by Gasteiger charge is -2.35. The number of carbonyl (C=O) groups excluding carboxylic acids is 2. The minimum atomic E-state index is -0.527. The van der Waals surface area contributed by atoms with Crippen LogP contribution in [0.3, 0.4) is 0 Å². The number of imide groups is 1. The van der Waals surface area contributed by atoms with Crippen LogP contribution in [0, 0.1) is 0 Å². The van der Waals surface area contributed by atoms with Gasteiger partial charge < -0.3 is 4.90 Å². The van der Waals surface area contributed by atoms with Crippen molar-refractivity contribution < 1.29 is 14.2 Å². The maximum atomic E-state index is 12.9. The Morgan fingerprint density at radius 2 is 1.83 bits per heavy atom. The van der Waals surface area contributed by atoms with Gasteiger partial charge in [-0.3, -0.25) is 19.5 Å². The second kappa shape index (κ2) is 8.00. The Morgan fingerprint density at radius 3 is 2.47 bits per heavy atom. The van der Waals surface area contributed by atoms with Crippen LogP contribution in [-0.2, 0) is 4.79 Å². The standard InChI is InChI=1S/C21H28ClN6O2/c1-14(2)28-17(23-19-18(28)20(29)25(4)21(30)24(19)3)13-26-8-10-27(11-9-26)16-7-5-6-15(22)12-16/h5-7,12,14,18H,8-11,13H2,1-4H3/q+1. The van der Waals surface area contributed by atoms with Crippen LogP contribution in [0.4, 0.5) is 10.5 Å². The zero-order valence-electron chi connectivity index (χ0n) is 17.9. The summed E-state index contributed by atoms with van der Waals surface area (Å²) in [7, 11) is 3.21. The zero-order chi connectivity index (χ0) is 21.6. The van der Waals surface area contributed by atoms with Crippen LogP contribution in [0.15, 0.2) is 29.3 Å². The molecule has 4 rings (SSSR count). The quantitative estimate of drug-likeness (QED) is 0.679. The summed E-state index contributed by atoms with van der Waals surface area (Å²) in [4.78, 5) is 37.3. The van der Waals surface area contributed by atoms with Gasteiger partial charge in [0, 0.05) is 51.0 Å². The van der Waals surface area contributed by atoms with Gasteiger partial charge in [-0.25, -0.2) is 9.37 Å². The highest BCUT2D eigenvalue weighted by atomic mass is 35.5. The molecule has 0 aliphatic carbocycles. The number of hydrogen-bond acceptors (Lipinski definition) is 5. The van der Waals surface area contributed by atoms with Crippen molar-refractivity contribution in [1.29, 1.82) is 0 Å². The summed E-state index contributed by atoms with van der Waals surface area (Å²) < 4.78 is 2.06. The predicted molar refractivity (Wildman–Crippen MR) is 118 cm³/mol. The van der Waals surface area contributed by atoms with Gasteiger partial charge in [0.1, 0.15) is 6.54 Å². The SMILES string of the molecule is CC(C)[N+]1=C(CN2CCN(c3cccc(Cl)c3)CC2)N=C2C1C(=O)N(C)C(=O)N2C. The van der Waals surface area contributed by atoms with Crippen molar-refractivity contribution in [2.75, 3.05) is 51.7 Å². The number of halogens is 1. The average Bonchev–Trinajstić information content (AvgIpc) is 3.11. The van der Waals surface area contributed by atoms with Crippen molar-refractivity contribution in [1.82, 2.24) is 14.7 Å². The van der Waals surface area contributed by atoms with E-state index in [2.05, 4.69) is 34.3 Å². The van der Waals surface area contributed by atoms with Gasteiger partial charge >= 0.3 is 11.9 Å². The fourth-order valence-corrected chi connectivity index (χ4v) is 4.55. The molecule has 1 unspecified atom stereocenters. The van der Waals surface area contributed by atoms with Crippen molar-refractivity contribution in [2.24, 2.45) is 4.99 Å². The van der Waals surface area contributed by atoms with Crippen molar-refractivity contribution in [2.45, 2.75) is 25.9 Å². The van der Waals surface area contributed by atoms with Gasteiger partial charge in [-0.2, -0.15) is 0 Å². The first-order valence-electron chi connectivity index (χ1n) is 10.3. The molecular weight excluding hydrogens is 404 g/mol. The van der Waals surface area contributed by atoms with E-state index in [4.69, 9.17) is 16.6 Å². The van der Waals surface area contributed by atoms with E-state index in [-0.39, 0.29) is 18.0 Å². The molecule has 0 bridgehead atoms. The van der Waals surface area contributed by atoms with Crippen molar-refractivity contribution in [3.8, 4) is 0 Å². The number of piperazine rings is 1. The third-order valence-corrected chi connectivity index (χ3v) is 6.25. The summed E-state index contributed by atoms with van der Waals surface area (Å²) in [6.07, 6.45) is 0. The Morgan fingerprint density at radius 1 is 1.13 bits per heavy atom. The van der Waals surface area contributed by atoms with E-state index in [1.807, 2.05) is 18.2 Å². The average molecular weight is 432 g/mol. The topological polar surface area (TPSA) is 62.5 Å². The molecule has 0 radical (unpaired) electrons. The second-order valence-corrected chi connectivity index (χ2v) is 8.71. The van der Waals surface area contributed by atoms with Gasteiger partial charge in [-0.05, 0) is 37.0 Å². The Labute approximate surface area is 182 Å².